The summed E-state index contributed by atoms with van der Waals surface area (Å²) in [4.78, 5) is 46.4. The number of thiazole rings is 1. The number of hydrogen-bond donors (Lipinski definition) is 0. The normalized spacial score (nSPS) is 11.2. The summed E-state index contributed by atoms with van der Waals surface area (Å²) in [6.07, 6.45) is 27.7. The summed E-state index contributed by atoms with van der Waals surface area (Å²) in [6, 6.07) is 14.4. The molecule has 0 radical (unpaired) electrons. The van der Waals surface area contributed by atoms with Crippen molar-refractivity contribution in [1.29, 1.82) is 0 Å². The molecule has 15 nitrogen and oxygen atoms in total. The molecule has 1 aliphatic rings. The lowest BCUT2D eigenvalue weighted by Crippen LogP contribution is -2.15. The van der Waals surface area contributed by atoms with Crippen LogP contribution in [-0.2, 0) is 41.4 Å². The topological polar surface area (TPSA) is 177 Å². The molecule has 1 saturated carbocycles. The number of hydrogen-bond acceptors (Lipinski definition) is 15. The molecule has 0 aromatic carbocycles. The van der Waals surface area contributed by atoms with Gasteiger partial charge in [0.15, 0.2) is 0 Å². The summed E-state index contributed by atoms with van der Waals surface area (Å²) in [5.41, 5.74) is 11.7. The molecular formula is C74H131N13O2S. The molecule has 0 aliphatic heterocycles. The molecule has 0 N–H and O–H groups in total. The molecule has 0 atom stereocenters. The van der Waals surface area contributed by atoms with Gasteiger partial charge in [-0.3, -0.25) is 24.6 Å². The average Bonchev–Trinajstić information content (AvgIpc) is 1.84. The SMILES string of the molecule is C.C.C.C.C.CC(C)C1(c2ccccn2)CC1.CC(C)Cc1ccccn1.CC(C)Cc1ccnn1C.CC(C)Cc1cscn1.CC(C)c1cncnc1.CCON=CC(C)C.CON=CC(C)C.Cc1cnc(C(C)C)cn1.Cc1cnc(C(C)C)nc1. The zero-order chi connectivity index (χ0) is 64.2. The van der Waals surface area contributed by atoms with Crippen LogP contribution in [0, 0.1) is 49.4 Å². The van der Waals surface area contributed by atoms with E-state index in [1.54, 1.807) is 43.4 Å². The fourth-order valence-electron chi connectivity index (χ4n) is 7.07. The van der Waals surface area contributed by atoms with Crippen LogP contribution < -0.4 is 0 Å². The van der Waals surface area contributed by atoms with Gasteiger partial charge in [0.2, 0.25) is 0 Å². The van der Waals surface area contributed by atoms with Gasteiger partial charge >= 0.3 is 0 Å². The molecule has 1 aliphatic carbocycles. The molecule has 7 heterocycles. The molecule has 90 heavy (non-hydrogen) atoms. The molecule has 0 bridgehead atoms. The van der Waals surface area contributed by atoms with E-state index >= 15 is 0 Å². The van der Waals surface area contributed by atoms with E-state index in [1.165, 1.54) is 41.2 Å². The van der Waals surface area contributed by atoms with Gasteiger partial charge in [-0.2, -0.15) is 5.10 Å². The molecule has 7 aromatic heterocycles. The summed E-state index contributed by atoms with van der Waals surface area (Å²) in [5.74, 6) is 6.22. The van der Waals surface area contributed by atoms with Crippen LogP contribution in [0.15, 0.2) is 126 Å². The minimum absolute atomic E-state index is 0. The Morgan fingerprint density at radius 1 is 0.567 bits per heavy atom. The molecule has 7 aromatic rings. The first-order valence-electron chi connectivity index (χ1n) is 30.5. The second-order valence-electron chi connectivity index (χ2n) is 24.0. The van der Waals surface area contributed by atoms with Crippen LogP contribution in [0.5, 0.6) is 0 Å². The molecule has 16 heteroatoms. The van der Waals surface area contributed by atoms with Crippen molar-refractivity contribution in [3.05, 3.63) is 167 Å². The second kappa shape index (κ2) is 56.3. The standard InChI is InChI=1S/C11H15N.C9H13N.2C8H12N2.C8H14N2.C7H10N2.C7H11NS.C6H13NO.C5H11NO.5CH4/c1-9(2)11(6-7-11)10-5-3-4-8-12-10;1-8(2)7-9-5-3-4-6-10-9;1-6(2)8-5-9-7(3)4-10-8;1-6(2)8-9-4-7(3)5-10-8;1-7(2)6-8-4-5-9-10(8)3;1-6(2)7-3-8-5-9-4-7;1-6(2)3-7-4-9-5-8-7;1-4-8-7-5-6(2)3;1-5(2)4-6-7-3;;;;;/h3-5,8-9H,6-7H2,1-2H3;3-6,8H,7H2,1-2H3;2*4-6H,1-3H3;4-5,7H,6H2,1-3H3;3-6H,1-2H3;4-6H,3H2,1-2H3;5-6H,4H2,1-3H3;4-5H,1-3H3;5*1H4. The first-order valence-corrected chi connectivity index (χ1v) is 31.4. The number of pyridine rings is 2. The minimum Gasteiger partial charge on any atom is -0.399 e. The zero-order valence-electron chi connectivity index (χ0n) is 56.6. The van der Waals surface area contributed by atoms with E-state index in [2.05, 4.69) is 206 Å². The number of aryl methyl sites for hydroxylation is 3. The maximum Gasteiger partial charge on any atom is 0.130 e. The van der Waals surface area contributed by atoms with Gasteiger partial charge in [0.05, 0.1) is 22.6 Å². The van der Waals surface area contributed by atoms with Gasteiger partial charge in [-0.25, -0.2) is 24.9 Å². The van der Waals surface area contributed by atoms with Gasteiger partial charge < -0.3 is 9.68 Å². The van der Waals surface area contributed by atoms with E-state index in [4.69, 9.17) is 4.84 Å². The summed E-state index contributed by atoms with van der Waals surface area (Å²) in [7, 11) is 3.52. The Kier molecular flexibility index (Phi) is 59.1. The quantitative estimate of drug-likeness (QED) is 0.0662. The Labute approximate surface area is 556 Å². The average molecular weight is 1270 g/mol. The van der Waals surface area contributed by atoms with Gasteiger partial charge in [0, 0.05) is 109 Å². The third-order valence-electron chi connectivity index (χ3n) is 12.0. The highest BCUT2D eigenvalue weighted by atomic mass is 32.1. The number of oxime groups is 2. The van der Waals surface area contributed by atoms with Crippen LogP contribution in [0.25, 0.3) is 0 Å². The molecule has 0 unspecified atom stereocenters. The zero-order valence-corrected chi connectivity index (χ0v) is 57.4. The Hall–Kier alpha value is -6.68. The van der Waals surface area contributed by atoms with Crippen molar-refractivity contribution in [1.82, 2.24) is 54.6 Å². The number of rotatable bonds is 16. The Bertz CT molecular complexity index is 2610. The van der Waals surface area contributed by atoms with E-state index in [9.17, 15) is 0 Å². The number of aromatic nitrogens is 11. The molecular weight excluding hydrogens is 1130 g/mol. The van der Waals surface area contributed by atoms with E-state index in [-0.39, 0.29) is 37.1 Å². The smallest absolute Gasteiger partial charge is 0.130 e. The second-order valence-corrected chi connectivity index (χ2v) is 24.7. The summed E-state index contributed by atoms with van der Waals surface area (Å²) in [6.45, 7) is 45.2. The van der Waals surface area contributed by atoms with Crippen LogP contribution in [0.2, 0.25) is 0 Å². The lowest BCUT2D eigenvalue weighted by Gasteiger charge is -2.18. The monoisotopic (exact) mass is 1270 g/mol. The van der Waals surface area contributed by atoms with Gasteiger partial charge in [0.25, 0.3) is 0 Å². The Balaban J connectivity index is -0.000000220. The van der Waals surface area contributed by atoms with Crippen LogP contribution >= 0.6 is 11.3 Å². The maximum absolute atomic E-state index is 4.71. The Morgan fingerprint density at radius 3 is 1.47 bits per heavy atom. The van der Waals surface area contributed by atoms with Gasteiger partial charge in [0.1, 0.15) is 25.9 Å². The van der Waals surface area contributed by atoms with Crippen molar-refractivity contribution in [2.75, 3.05) is 13.7 Å². The molecule has 0 spiro atoms. The van der Waals surface area contributed by atoms with Gasteiger partial charge in [-0.05, 0) is 142 Å². The van der Waals surface area contributed by atoms with E-state index in [0.29, 0.717) is 47.5 Å². The first-order chi connectivity index (χ1) is 40.3. The van der Waals surface area contributed by atoms with Crippen molar-refractivity contribution < 1.29 is 9.68 Å². The fourth-order valence-corrected chi connectivity index (χ4v) is 7.64. The maximum atomic E-state index is 4.71. The molecule has 510 valence electrons. The third-order valence-corrected chi connectivity index (χ3v) is 12.7. The highest BCUT2D eigenvalue weighted by Gasteiger charge is 2.47. The number of nitrogens with zero attached hydrogens (tertiary/aromatic N) is 13. The van der Waals surface area contributed by atoms with Crippen molar-refractivity contribution >= 4 is 23.8 Å². The lowest BCUT2D eigenvalue weighted by molar-refractivity contribution is 0.159. The van der Waals surface area contributed by atoms with Gasteiger partial charge in [-0.1, -0.05) is 184 Å². The van der Waals surface area contributed by atoms with E-state index in [0.717, 1.165) is 59.8 Å². The van der Waals surface area contributed by atoms with Crippen LogP contribution in [-0.4, -0.2) is 80.8 Å². The van der Waals surface area contributed by atoms with Gasteiger partial charge in [-0.15, -0.1) is 11.3 Å². The lowest BCUT2D eigenvalue weighted by atomic mass is 9.89. The highest BCUT2D eigenvalue weighted by Crippen LogP contribution is 2.52. The first kappa shape index (κ1) is 94.4. The molecule has 0 amide bonds. The predicted molar refractivity (Wildman–Crippen MR) is 392 cm³/mol. The fraction of sp³-hybridized carbons (Fsp3) is 0.595. The molecule has 8 rings (SSSR count). The highest BCUT2D eigenvalue weighted by molar-refractivity contribution is 7.07. The van der Waals surface area contributed by atoms with Crippen LogP contribution in [0.1, 0.15) is 250 Å². The Morgan fingerprint density at radius 2 is 1.11 bits per heavy atom. The molecule has 1 fully saturated rings. The summed E-state index contributed by atoms with van der Waals surface area (Å²) in [5, 5.41) is 13.4. The minimum atomic E-state index is 0. The van der Waals surface area contributed by atoms with E-state index < -0.39 is 0 Å². The van der Waals surface area contributed by atoms with E-state index in [1.807, 2.05) is 120 Å². The third kappa shape index (κ3) is 48.2. The van der Waals surface area contributed by atoms with Crippen molar-refractivity contribution in [2.45, 2.75) is 238 Å². The van der Waals surface area contributed by atoms with Crippen molar-refractivity contribution in [2.24, 2.45) is 52.9 Å². The summed E-state index contributed by atoms with van der Waals surface area (Å²) < 4.78 is 1.93. The van der Waals surface area contributed by atoms with Crippen LogP contribution in [0.3, 0.4) is 0 Å². The molecule has 0 saturated heterocycles. The predicted octanol–water partition coefficient (Wildman–Crippen LogP) is 20.5. The largest absolute Gasteiger partial charge is 0.399 e. The summed E-state index contributed by atoms with van der Waals surface area (Å²) >= 11 is 1.67. The van der Waals surface area contributed by atoms with Crippen molar-refractivity contribution in [3.8, 4) is 0 Å². The van der Waals surface area contributed by atoms with Crippen molar-refractivity contribution in [3.63, 3.8) is 0 Å². The van der Waals surface area contributed by atoms with Crippen LogP contribution in [0.4, 0.5) is 0 Å².